The Kier molecular flexibility index (Phi) is 4.31. The third-order valence-electron chi connectivity index (χ3n) is 2.88. The van der Waals surface area contributed by atoms with Crippen LogP contribution in [-0.2, 0) is 0 Å². The van der Waals surface area contributed by atoms with Gasteiger partial charge < -0.3 is 4.90 Å². The fraction of sp³-hybridized carbons (Fsp3) is 0.308. The molecule has 100 valence electrons. The first-order valence-corrected chi connectivity index (χ1v) is 6.74. The second-order valence-corrected chi connectivity index (χ2v) is 5.25. The third-order valence-corrected chi connectivity index (χ3v) is 3.37. The molecule has 19 heavy (non-hydrogen) atoms. The summed E-state index contributed by atoms with van der Waals surface area (Å²) in [5, 5.41) is 11.0. The van der Waals surface area contributed by atoms with Gasteiger partial charge in [-0.3, -0.25) is 15.1 Å². The highest BCUT2D eigenvalue weighted by atomic mass is 79.9. The average Bonchev–Trinajstić information content (AvgIpc) is 2.39. The minimum absolute atomic E-state index is 0.103. The molecule has 1 aromatic carbocycles. The molecule has 0 bridgehead atoms. The van der Waals surface area contributed by atoms with E-state index >= 15 is 0 Å². The van der Waals surface area contributed by atoms with Crippen LogP contribution in [0.2, 0.25) is 0 Å². The Morgan fingerprint density at radius 3 is 2.89 bits per heavy atom. The molecule has 0 aromatic heterocycles. The maximum Gasteiger partial charge on any atom is 0.292 e. The highest BCUT2D eigenvalue weighted by Gasteiger charge is 2.18. The number of nitrogens with zero attached hydrogens (tertiary/aromatic N) is 3. The SMILES string of the molecule is CN(CC1=CCCC=N1)c1cc(Br)ccc1[N+](=O)[O-]. The number of anilines is 1. The van der Waals surface area contributed by atoms with Gasteiger partial charge in [0.2, 0.25) is 0 Å². The zero-order chi connectivity index (χ0) is 13.8. The molecular weight excluding hydrogens is 310 g/mol. The molecule has 0 radical (unpaired) electrons. The lowest BCUT2D eigenvalue weighted by molar-refractivity contribution is -0.384. The number of aliphatic imine (C=N–C) groups is 1. The number of halogens is 1. The van der Waals surface area contributed by atoms with E-state index in [1.54, 1.807) is 12.1 Å². The molecule has 1 aromatic rings. The van der Waals surface area contributed by atoms with Gasteiger partial charge in [0.25, 0.3) is 5.69 Å². The fourth-order valence-electron chi connectivity index (χ4n) is 1.95. The number of hydrogen-bond donors (Lipinski definition) is 0. The van der Waals surface area contributed by atoms with Crippen molar-refractivity contribution in [3.63, 3.8) is 0 Å². The van der Waals surface area contributed by atoms with Crippen LogP contribution in [0, 0.1) is 10.1 Å². The summed E-state index contributed by atoms with van der Waals surface area (Å²) in [7, 11) is 1.83. The molecule has 2 rings (SSSR count). The lowest BCUT2D eigenvalue weighted by Crippen LogP contribution is -2.21. The van der Waals surface area contributed by atoms with Crippen molar-refractivity contribution in [2.45, 2.75) is 12.8 Å². The van der Waals surface area contributed by atoms with Crippen molar-refractivity contribution in [2.75, 3.05) is 18.5 Å². The molecule has 0 fully saturated rings. The molecule has 1 aliphatic heterocycles. The van der Waals surface area contributed by atoms with Crippen molar-refractivity contribution in [1.29, 1.82) is 0 Å². The first kappa shape index (κ1) is 13.7. The summed E-state index contributed by atoms with van der Waals surface area (Å²) in [6.45, 7) is 0.563. The van der Waals surface area contributed by atoms with Crippen molar-refractivity contribution in [2.24, 2.45) is 4.99 Å². The number of nitro groups is 1. The van der Waals surface area contributed by atoms with E-state index in [4.69, 9.17) is 0 Å². The maximum atomic E-state index is 11.0. The summed E-state index contributed by atoms with van der Waals surface area (Å²) in [5.74, 6) is 0. The van der Waals surface area contributed by atoms with Crippen molar-refractivity contribution in [3.8, 4) is 0 Å². The number of rotatable bonds is 4. The zero-order valence-corrected chi connectivity index (χ0v) is 12.1. The highest BCUT2D eigenvalue weighted by molar-refractivity contribution is 9.10. The number of likely N-dealkylation sites (N-methyl/N-ethyl adjacent to an activating group) is 1. The molecule has 0 aliphatic carbocycles. The Labute approximate surface area is 119 Å². The number of benzene rings is 1. The van der Waals surface area contributed by atoms with E-state index in [9.17, 15) is 10.1 Å². The molecule has 0 unspecified atom stereocenters. The fourth-order valence-corrected chi connectivity index (χ4v) is 2.30. The lowest BCUT2D eigenvalue weighted by atomic mass is 10.2. The van der Waals surface area contributed by atoms with Crippen LogP contribution in [0.1, 0.15) is 12.8 Å². The van der Waals surface area contributed by atoms with Gasteiger partial charge in [0.1, 0.15) is 5.69 Å². The molecule has 6 heteroatoms. The second kappa shape index (κ2) is 5.97. The predicted octanol–water partition coefficient (Wildman–Crippen LogP) is 3.54. The maximum absolute atomic E-state index is 11.0. The van der Waals surface area contributed by atoms with Crippen molar-refractivity contribution < 1.29 is 4.92 Å². The van der Waals surface area contributed by atoms with Gasteiger partial charge in [-0.2, -0.15) is 0 Å². The van der Waals surface area contributed by atoms with Crippen LogP contribution in [0.3, 0.4) is 0 Å². The predicted molar refractivity (Wildman–Crippen MR) is 79.9 cm³/mol. The summed E-state index contributed by atoms with van der Waals surface area (Å²) in [5.41, 5.74) is 1.63. The van der Waals surface area contributed by atoms with E-state index in [1.807, 2.05) is 18.2 Å². The van der Waals surface area contributed by atoms with E-state index in [0.717, 1.165) is 23.0 Å². The molecule has 0 N–H and O–H groups in total. The van der Waals surface area contributed by atoms with E-state index < -0.39 is 0 Å². The van der Waals surface area contributed by atoms with Crippen molar-refractivity contribution >= 4 is 33.5 Å². The quantitative estimate of drug-likeness (QED) is 0.629. The van der Waals surface area contributed by atoms with Crippen LogP contribution >= 0.6 is 15.9 Å². The molecule has 0 atom stereocenters. The van der Waals surface area contributed by atoms with Crippen LogP contribution in [0.5, 0.6) is 0 Å². The molecular formula is C13H14BrN3O2. The van der Waals surface area contributed by atoms with Crippen LogP contribution in [0.4, 0.5) is 11.4 Å². The number of nitro benzene ring substituents is 1. The Hall–Kier alpha value is -1.69. The molecule has 0 saturated heterocycles. The summed E-state index contributed by atoms with van der Waals surface area (Å²) >= 11 is 3.35. The molecule has 0 amide bonds. The first-order chi connectivity index (χ1) is 9.08. The summed E-state index contributed by atoms with van der Waals surface area (Å²) < 4.78 is 0.820. The van der Waals surface area contributed by atoms with Crippen LogP contribution in [-0.4, -0.2) is 24.7 Å². The summed E-state index contributed by atoms with van der Waals surface area (Å²) in [6.07, 6.45) is 5.90. The van der Waals surface area contributed by atoms with E-state index in [2.05, 4.69) is 27.0 Å². The summed E-state index contributed by atoms with van der Waals surface area (Å²) in [6, 6.07) is 4.94. The molecule has 0 saturated carbocycles. The van der Waals surface area contributed by atoms with E-state index in [0.29, 0.717) is 12.2 Å². The summed E-state index contributed by atoms with van der Waals surface area (Å²) in [4.78, 5) is 16.8. The van der Waals surface area contributed by atoms with Gasteiger partial charge >= 0.3 is 0 Å². The number of allylic oxidation sites excluding steroid dienone is 1. The molecule has 1 aliphatic rings. The van der Waals surface area contributed by atoms with Gasteiger partial charge in [0.05, 0.1) is 17.2 Å². The molecule has 0 spiro atoms. The van der Waals surface area contributed by atoms with Gasteiger partial charge in [0.15, 0.2) is 0 Å². The molecule has 1 heterocycles. The Balaban J connectivity index is 2.24. The third kappa shape index (κ3) is 3.41. The number of hydrogen-bond acceptors (Lipinski definition) is 4. The Morgan fingerprint density at radius 1 is 1.47 bits per heavy atom. The highest BCUT2D eigenvalue weighted by Crippen LogP contribution is 2.31. The van der Waals surface area contributed by atoms with Gasteiger partial charge in [-0.05, 0) is 25.0 Å². The average molecular weight is 324 g/mol. The minimum atomic E-state index is -0.364. The van der Waals surface area contributed by atoms with Crippen molar-refractivity contribution in [3.05, 3.63) is 44.6 Å². The second-order valence-electron chi connectivity index (χ2n) is 4.33. The van der Waals surface area contributed by atoms with Gasteiger partial charge in [0, 0.05) is 23.8 Å². The Morgan fingerprint density at radius 2 is 2.26 bits per heavy atom. The lowest BCUT2D eigenvalue weighted by Gasteiger charge is -2.20. The first-order valence-electron chi connectivity index (χ1n) is 5.94. The van der Waals surface area contributed by atoms with Gasteiger partial charge in [-0.1, -0.05) is 22.0 Å². The largest absolute Gasteiger partial charge is 0.363 e. The smallest absolute Gasteiger partial charge is 0.292 e. The van der Waals surface area contributed by atoms with E-state index in [-0.39, 0.29) is 10.6 Å². The zero-order valence-electron chi connectivity index (χ0n) is 10.5. The normalized spacial score (nSPS) is 14.1. The Bertz CT molecular complexity index is 555. The van der Waals surface area contributed by atoms with Gasteiger partial charge in [-0.15, -0.1) is 0 Å². The van der Waals surface area contributed by atoms with Crippen LogP contribution in [0.25, 0.3) is 0 Å². The van der Waals surface area contributed by atoms with Crippen LogP contribution in [0.15, 0.2) is 39.4 Å². The topological polar surface area (TPSA) is 58.7 Å². The van der Waals surface area contributed by atoms with Crippen molar-refractivity contribution in [1.82, 2.24) is 0 Å². The van der Waals surface area contributed by atoms with Crippen LogP contribution < -0.4 is 4.90 Å². The van der Waals surface area contributed by atoms with E-state index in [1.165, 1.54) is 6.07 Å². The standard InChI is InChI=1S/C13H14BrN3O2/c1-16(9-11-4-2-3-7-15-11)13-8-10(14)5-6-12(13)17(18)19/h4-8H,2-3,9H2,1H3. The van der Waals surface area contributed by atoms with Gasteiger partial charge in [-0.25, -0.2) is 0 Å². The minimum Gasteiger partial charge on any atom is -0.363 e. The molecule has 5 nitrogen and oxygen atoms in total. The monoisotopic (exact) mass is 323 g/mol.